The Morgan fingerprint density at radius 3 is 2.85 bits per heavy atom. The standard InChI is InChI=1S/C20H21N3O2S2/c1-3-25-14-9-7-13(8-10-14)23-17(24)11-26-19-18-15-5-4-6-16(15)27-20(18)22-12(2)21-19/h7-10H,3-6,11H2,1-2H3,(H,23,24). The van der Waals surface area contributed by atoms with Crippen molar-refractivity contribution in [1.29, 1.82) is 0 Å². The van der Waals surface area contributed by atoms with Gasteiger partial charge in [-0.15, -0.1) is 11.3 Å². The van der Waals surface area contributed by atoms with Crippen molar-refractivity contribution in [3.63, 3.8) is 0 Å². The third-order valence-corrected chi connectivity index (χ3v) is 6.59. The summed E-state index contributed by atoms with van der Waals surface area (Å²) >= 11 is 3.27. The molecule has 4 rings (SSSR count). The summed E-state index contributed by atoms with van der Waals surface area (Å²) in [6, 6.07) is 7.43. The number of thiophene rings is 1. The van der Waals surface area contributed by atoms with Gasteiger partial charge in [0.2, 0.25) is 5.91 Å². The molecule has 0 fully saturated rings. The van der Waals surface area contributed by atoms with Gasteiger partial charge in [-0.1, -0.05) is 11.8 Å². The van der Waals surface area contributed by atoms with Crippen LogP contribution in [-0.4, -0.2) is 28.2 Å². The third-order valence-electron chi connectivity index (χ3n) is 4.43. The maximum absolute atomic E-state index is 12.4. The molecule has 0 bridgehead atoms. The van der Waals surface area contributed by atoms with Crippen molar-refractivity contribution in [2.24, 2.45) is 0 Å². The molecule has 0 spiro atoms. The number of hydrogen-bond acceptors (Lipinski definition) is 6. The van der Waals surface area contributed by atoms with E-state index >= 15 is 0 Å². The molecular weight excluding hydrogens is 378 g/mol. The second-order valence-corrected chi connectivity index (χ2v) is 8.46. The molecule has 0 radical (unpaired) electrons. The highest BCUT2D eigenvalue weighted by Gasteiger charge is 2.22. The Labute approximate surface area is 166 Å². The molecule has 0 saturated heterocycles. The molecular formula is C20H21N3O2S2. The van der Waals surface area contributed by atoms with Crippen molar-refractivity contribution < 1.29 is 9.53 Å². The van der Waals surface area contributed by atoms with Crippen molar-refractivity contribution in [3.05, 3.63) is 40.5 Å². The Hall–Kier alpha value is -2.12. The molecule has 27 heavy (non-hydrogen) atoms. The zero-order valence-corrected chi connectivity index (χ0v) is 17.0. The maximum Gasteiger partial charge on any atom is 0.234 e. The van der Waals surface area contributed by atoms with E-state index in [0.29, 0.717) is 12.4 Å². The van der Waals surface area contributed by atoms with E-state index in [9.17, 15) is 4.79 Å². The highest BCUT2D eigenvalue weighted by molar-refractivity contribution is 8.00. The van der Waals surface area contributed by atoms with E-state index < -0.39 is 0 Å². The number of benzene rings is 1. The van der Waals surface area contributed by atoms with Gasteiger partial charge in [-0.05, 0) is 62.9 Å². The summed E-state index contributed by atoms with van der Waals surface area (Å²) in [5.74, 6) is 1.84. The summed E-state index contributed by atoms with van der Waals surface area (Å²) in [6.45, 7) is 4.48. The number of aryl methyl sites for hydroxylation is 3. The normalized spacial score (nSPS) is 13.0. The Balaban J connectivity index is 1.46. The number of nitrogens with zero attached hydrogens (tertiary/aromatic N) is 2. The van der Waals surface area contributed by atoms with Crippen LogP contribution in [0.4, 0.5) is 5.69 Å². The molecule has 2 heterocycles. The summed E-state index contributed by atoms with van der Waals surface area (Å²) in [5, 5.41) is 5.03. The Morgan fingerprint density at radius 2 is 2.07 bits per heavy atom. The van der Waals surface area contributed by atoms with Gasteiger partial charge in [0.05, 0.1) is 12.4 Å². The van der Waals surface area contributed by atoms with Gasteiger partial charge in [0.15, 0.2) is 0 Å². The van der Waals surface area contributed by atoms with Crippen LogP contribution in [0.3, 0.4) is 0 Å². The topological polar surface area (TPSA) is 64.1 Å². The van der Waals surface area contributed by atoms with Crippen LogP contribution in [0.25, 0.3) is 10.2 Å². The Morgan fingerprint density at radius 1 is 1.26 bits per heavy atom. The second kappa shape index (κ2) is 7.86. The number of hydrogen-bond donors (Lipinski definition) is 1. The number of amides is 1. The van der Waals surface area contributed by atoms with E-state index in [0.717, 1.165) is 45.3 Å². The summed E-state index contributed by atoms with van der Waals surface area (Å²) < 4.78 is 5.42. The summed E-state index contributed by atoms with van der Waals surface area (Å²) in [7, 11) is 0. The summed E-state index contributed by atoms with van der Waals surface area (Å²) in [4.78, 5) is 24.1. The maximum atomic E-state index is 12.4. The zero-order valence-electron chi connectivity index (χ0n) is 15.4. The largest absolute Gasteiger partial charge is 0.494 e. The van der Waals surface area contributed by atoms with Crippen LogP contribution in [-0.2, 0) is 17.6 Å². The molecule has 0 saturated carbocycles. The second-order valence-electron chi connectivity index (χ2n) is 6.41. The lowest BCUT2D eigenvalue weighted by atomic mass is 10.2. The van der Waals surface area contributed by atoms with E-state index in [1.165, 1.54) is 28.6 Å². The SMILES string of the molecule is CCOc1ccc(NC(=O)CSc2nc(C)nc3sc4c(c23)CCC4)cc1. The number of carbonyl (C=O) groups is 1. The molecule has 0 atom stereocenters. The number of rotatable bonds is 6. The van der Waals surface area contributed by atoms with Gasteiger partial charge in [-0.25, -0.2) is 9.97 Å². The minimum absolute atomic E-state index is 0.0412. The number of aromatic nitrogens is 2. The first-order valence-corrected chi connectivity index (χ1v) is 10.9. The number of nitrogens with one attached hydrogen (secondary N) is 1. The highest BCUT2D eigenvalue weighted by atomic mass is 32.2. The monoisotopic (exact) mass is 399 g/mol. The Bertz CT molecular complexity index is 983. The van der Waals surface area contributed by atoms with Crippen molar-refractivity contribution in [2.45, 2.75) is 38.1 Å². The lowest BCUT2D eigenvalue weighted by Gasteiger charge is -2.08. The van der Waals surface area contributed by atoms with E-state index in [-0.39, 0.29) is 5.91 Å². The van der Waals surface area contributed by atoms with Gasteiger partial charge >= 0.3 is 0 Å². The molecule has 1 aromatic carbocycles. The molecule has 1 N–H and O–H groups in total. The average Bonchev–Trinajstić information content (AvgIpc) is 3.22. The molecule has 140 valence electrons. The summed E-state index contributed by atoms with van der Waals surface area (Å²) in [5.41, 5.74) is 2.16. The van der Waals surface area contributed by atoms with Gasteiger partial charge < -0.3 is 10.1 Å². The smallest absolute Gasteiger partial charge is 0.234 e. The first-order valence-electron chi connectivity index (χ1n) is 9.08. The van der Waals surface area contributed by atoms with Crippen molar-refractivity contribution in [1.82, 2.24) is 9.97 Å². The molecule has 3 aromatic rings. The van der Waals surface area contributed by atoms with E-state index in [1.54, 1.807) is 11.3 Å². The number of thioether (sulfide) groups is 1. The first kappa shape index (κ1) is 18.3. The molecule has 2 aromatic heterocycles. The van der Waals surface area contributed by atoms with Crippen LogP contribution in [0.1, 0.15) is 29.6 Å². The number of carbonyl (C=O) groups excluding carboxylic acids is 1. The lowest BCUT2D eigenvalue weighted by molar-refractivity contribution is -0.113. The van der Waals surface area contributed by atoms with Crippen molar-refractivity contribution in [3.8, 4) is 5.75 Å². The van der Waals surface area contributed by atoms with Gasteiger partial charge in [0, 0.05) is 16.0 Å². The van der Waals surface area contributed by atoms with E-state index in [2.05, 4.69) is 15.3 Å². The minimum atomic E-state index is -0.0412. The zero-order chi connectivity index (χ0) is 18.8. The predicted molar refractivity (Wildman–Crippen MR) is 111 cm³/mol. The average molecular weight is 400 g/mol. The molecule has 7 heteroatoms. The lowest BCUT2D eigenvalue weighted by Crippen LogP contribution is -2.14. The molecule has 5 nitrogen and oxygen atoms in total. The van der Waals surface area contributed by atoms with E-state index in [1.807, 2.05) is 38.1 Å². The predicted octanol–water partition coefficient (Wildman–Crippen LogP) is 4.62. The fraction of sp³-hybridized carbons (Fsp3) is 0.350. The Kier molecular flexibility index (Phi) is 5.31. The number of fused-ring (bicyclic) bond motifs is 3. The van der Waals surface area contributed by atoms with Crippen LogP contribution >= 0.6 is 23.1 Å². The molecule has 1 aliphatic carbocycles. The minimum Gasteiger partial charge on any atom is -0.494 e. The van der Waals surface area contributed by atoms with E-state index in [4.69, 9.17) is 4.74 Å². The van der Waals surface area contributed by atoms with Crippen molar-refractivity contribution in [2.75, 3.05) is 17.7 Å². The molecule has 1 amide bonds. The first-order chi connectivity index (χ1) is 13.1. The highest BCUT2D eigenvalue weighted by Crippen LogP contribution is 2.40. The van der Waals surface area contributed by atoms with Gasteiger partial charge in [-0.2, -0.15) is 0 Å². The van der Waals surface area contributed by atoms with Crippen LogP contribution in [0, 0.1) is 6.92 Å². The fourth-order valence-corrected chi connectivity index (χ4v) is 5.57. The van der Waals surface area contributed by atoms with Crippen LogP contribution in [0.2, 0.25) is 0 Å². The van der Waals surface area contributed by atoms with Crippen LogP contribution < -0.4 is 10.1 Å². The molecule has 0 unspecified atom stereocenters. The fourth-order valence-electron chi connectivity index (χ4n) is 3.30. The van der Waals surface area contributed by atoms with Crippen molar-refractivity contribution >= 4 is 44.9 Å². The van der Waals surface area contributed by atoms with Gasteiger partial charge in [-0.3, -0.25) is 4.79 Å². The van der Waals surface area contributed by atoms with Gasteiger partial charge in [0.25, 0.3) is 0 Å². The number of anilines is 1. The molecule has 0 aliphatic heterocycles. The quantitative estimate of drug-likeness (QED) is 0.484. The summed E-state index contributed by atoms with van der Waals surface area (Å²) in [6.07, 6.45) is 3.43. The van der Waals surface area contributed by atoms with Crippen LogP contribution in [0.5, 0.6) is 5.75 Å². The van der Waals surface area contributed by atoms with Crippen LogP contribution in [0.15, 0.2) is 29.3 Å². The number of ether oxygens (including phenoxy) is 1. The van der Waals surface area contributed by atoms with Gasteiger partial charge in [0.1, 0.15) is 21.4 Å². The third kappa shape index (κ3) is 3.94. The molecule has 1 aliphatic rings.